The molecule has 0 saturated carbocycles. The standard InChI is InChI=1S/C22H21N3O7/c1-31-17-8-12-7-16(21(28)29)24(10-13(12)9-18(17)32-2)19(26)11-25-20(27)14-5-3-4-6-15(14)23-22(25)30/h3-6,8-9,16H,7,10-11H2,1-2H3,(H,23,30)(H,28,29). The van der Waals surface area contributed by atoms with Gasteiger partial charge in [-0.3, -0.25) is 14.2 Å². The highest BCUT2D eigenvalue weighted by atomic mass is 16.5. The van der Waals surface area contributed by atoms with Crippen LogP contribution in [0.25, 0.3) is 10.9 Å². The van der Waals surface area contributed by atoms with E-state index < -0.39 is 35.7 Å². The number of amides is 1. The Morgan fingerprint density at radius 1 is 1.09 bits per heavy atom. The van der Waals surface area contributed by atoms with Crippen LogP contribution in [0.4, 0.5) is 0 Å². The lowest BCUT2D eigenvalue weighted by molar-refractivity contribution is -0.151. The van der Waals surface area contributed by atoms with Crippen LogP contribution in [0, 0.1) is 0 Å². The predicted molar refractivity (Wildman–Crippen MR) is 114 cm³/mol. The van der Waals surface area contributed by atoms with Crippen molar-refractivity contribution in [3.8, 4) is 11.5 Å². The van der Waals surface area contributed by atoms with E-state index in [-0.39, 0.29) is 18.4 Å². The molecular weight excluding hydrogens is 418 g/mol. The zero-order valence-corrected chi connectivity index (χ0v) is 17.5. The number of hydrogen-bond acceptors (Lipinski definition) is 6. The van der Waals surface area contributed by atoms with Crippen molar-refractivity contribution < 1.29 is 24.2 Å². The number of ether oxygens (including phenoxy) is 2. The van der Waals surface area contributed by atoms with Gasteiger partial charge in [-0.2, -0.15) is 0 Å². The number of carboxylic acid groups (broad SMARTS) is 1. The van der Waals surface area contributed by atoms with Crippen molar-refractivity contribution in [1.29, 1.82) is 0 Å². The molecule has 4 rings (SSSR count). The Labute approximate surface area is 181 Å². The van der Waals surface area contributed by atoms with Crippen molar-refractivity contribution in [3.63, 3.8) is 0 Å². The quantitative estimate of drug-likeness (QED) is 0.600. The van der Waals surface area contributed by atoms with Gasteiger partial charge < -0.3 is 24.5 Å². The molecule has 0 fully saturated rings. The highest BCUT2D eigenvalue weighted by molar-refractivity contribution is 5.85. The molecule has 1 aliphatic rings. The van der Waals surface area contributed by atoms with Crippen LogP contribution in [0.5, 0.6) is 11.5 Å². The molecule has 3 aromatic rings. The molecule has 0 aliphatic carbocycles. The Morgan fingerprint density at radius 3 is 2.41 bits per heavy atom. The molecule has 0 bridgehead atoms. The van der Waals surface area contributed by atoms with Gasteiger partial charge in [0.1, 0.15) is 12.6 Å². The number of fused-ring (bicyclic) bond motifs is 2. The summed E-state index contributed by atoms with van der Waals surface area (Å²) in [7, 11) is 2.96. The van der Waals surface area contributed by atoms with Crippen LogP contribution in [0.1, 0.15) is 11.1 Å². The topological polar surface area (TPSA) is 131 Å². The Kier molecular flexibility index (Phi) is 5.43. The minimum absolute atomic E-state index is 0.00821. The number of H-pyrrole nitrogens is 1. The summed E-state index contributed by atoms with van der Waals surface area (Å²) in [6.07, 6.45) is 0.0553. The number of nitrogens with zero attached hydrogens (tertiary/aromatic N) is 2. The van der Waals surface area contributed by atoms with Crippen molar-refractivity contribution in [2.24, 2.45) is 0 Å². The molecule has 0 spiro atoms. The molecule has 166 valence electrons. The molecule has 1 aromatic heterocycles. The van der Waals surface area contributed by atoms with Crippen molar-refractivity contribution in [2.75, 3.05) is 14.2 Å². The SMILES string of the molecule is COc1cc2c(cc1OC)CN(C(=O)Cn1c(=O)[nH]c3ccccc3c1=O)C(C(=O)O)C2. The monoisotopic (exact) mass is 439 g/mol. The van der Waals surface area contributed by atoms with Crippen molar-refractivity contribution in [3.05, 3.63) is 68.4 Å². The Balaban J connectivity index is 1.70. The average Bonchev–Trinajstić information content (AvgIpc) is 2.79. The third-order valence-electron chi connectivity index (χ3n) is 5.62. The lowest BCUT2D eigenvalue weighted by Crippen LogP contribution is -2.51. The number of nitrogens with one attached hydrogen (secondary N) is 1. The molecular formula is C22H21N3O7. The summed E-state index contributed by atoms with van der Waals surface area (Å²) in [4.78, 5) is 54.0. The van der Waals surface area contributed by atoms with E-state index in [1.807, 2.05) is 0 Å². The number of carbonyl (C=O) groups is 2. The predicted octanol–water partition coefficient (Wildman–Crippen LogP) is 0.745. The molecule has 1 atom stereocenters. The minimum atomic E-state index is -1.18. The molecule has 10 heteroatoms. The van der Waals surface area contributed by atoms with E-state index in [4.69, 9.17) is 9.47 Å². The summed E-state index contributed by atoms with van der Waals surface area (Å²) >= 11 is 0. The Morgan fingerprint density at radius 2 is 1.75 bits per heavy atom. The van der Waals surface area contributed by atoms with Crippen LogP contribution in [0.15, 0.2) is 46.0 Å². The molecule has 10 nitrogen and oxygen atoms in total. The number of hydrogen-bond donors (Lipinski definition) is 2. The maximum atomic E-state index is 13.1. The van der Waals surface area contributed by atoms with Crippen LogP contribution in [-0.4, -0.2) is 51.7 Å². The van der Waals surface area contributed by atoms with Gasteiger partial charge in [0.25, 0.3) is 5.56 Å². The van der Waals surface area contributed by atoms with Gasteiger partial charge in [0, 0.05) is 13.0 Å². The number of aromatic amines is 1. The summed E-state index contributed by atoms with van der Waals surface area (Å²) in [5, 5.41) is 10.0. The van der Waals surface area contributed by atoms with E-state index in [9.17, 15) is 24.3 Å². The van der Waals surface area contributed by atoms with E-state index in [2.05, 4.69) is 4.98 Å². The summed E-state index contributed by atoms with van der Waals surface area (Å²) in [5.41, 5.74) is 0.432. The van der Waals surface area contributed by atoms with Gasteiger partial charge in [0.05, 0.1) is 25.1 Å². The first-order chi connectivity index (χ1) is 15.3. The highest BCUT2D eigenvalue weighted by Crippen LogP contribution is 2.34. The summed E-state index contributed by atoms with van der Waals surface area (Å²) in [6, 6.07) is 8.71. The zero-order valence-electron chi connectivity index (χ0n) is 17.5. The van der Waals surface area contributed by atoms with E-state index in [0.29, 0.717) is 22.6 Å². The number of aliphatic carboxylic acids is 1. The normalized spacial score (nSPS) is 15.3. The van der Waals surface area contributed by atoms with E-state index >= 15 is 0 Å². The first kappa shape index (κ1) is 21.2. The second-order valence-electron chi connectivity index (χ2n) is 7.42. The number of rotatable bonds is 5. The molecule has 2 N–H and O–H groups in total. The molecule has 2 aromatic carbocycles. The minimum Gasteiger partial charge on any atom is -0.493 e. The Hall–Kier alpha value is -4.08. The lowest BCUT2D eigenvalue weighted by Gasteiger charge is -2.35. The molecule has 0 radical (unpaired) electrons. The second kappa shape index (κ2) is 8.22. The first-order valence-electron chi connectivity index (χ1n) is 9.82. The van der Waals surface area contributed by atoms with Crippen LogP contribution < -0.4 is 20.7 Å². The molecule has 1 unspecified atom stereocenters. The van der Waals surface area contributed by atoms with Gasteiger partial charge in [-0.05, 0) is 35.4 Å². The summed E-state index contributed by atoms with van der Waals surface area (Å²) in [5.74, 6) is -0.918. The summed E-state index contributed by atoms with van der Waals surface area (Å²) in [6.45, 7) is -0.586. The number of para-hydroxylation sites is 1. The number of benzene rings is 2. The molecule has 0 saturated heterocycles. The Bertz CT molecular complexity index is 1340. The first-order valence-corrected chi connectivity index (χ1v) is 9.82. The van der Waals surface area contributed by atoms with Gasteiger partial charge in [0.2, 0.25) is 5.91 Å². The van der Waals surface area contributed by atoms with Gasteiger partial charge in [-0.1, -0.05) is 12.1 Å². The molecule has 1 amide bonds. The van der Waals surface area contributed by atoms with Gasteiger partial charge in [0.15, 0.2) is 11.5 Å². The fourth-order valence-corrected chi connectivity index (χ4v) is 3.96. The number of aromatic nitrogens is 2. The van der Waals surface area contributed by atoms with Gasteiger partial charge in [-0.15, -0.1) is 0 Å². The lowest BCUT2D eigenvalue weighted by atomic mass is 9.93. The fraction of sp³-hybridized carbons (Fsp3) is 0.273. The van der Waals surface area contributed by atoms with Crippen molar-refractivity contribution >= 4 is 22.8 Å². The van der Waals surface area contributed by atoms with E-state index in [1.54, 1.807) is 36.4 Å². The highest BCUT2D eigenvalue weighted by Gasteiger charge is 2.35. The third kappa shape index (κ3) is 3.59. The third-order valence-corrected chi connectivity index (χ3v) is 5.62. The van der Waals surface area contributed by atoms with Crippen molar-refractivity contribution in [1.82, 2.24) is 14.5 Å². The largest absolute Gasteiger partial charge is 0.493 e. The summed E-state index contributed by atoms with van der Waals surface area (Å²) < 4.78 is 11.4. The number of carboxylic acids is 1. The number of methoxy groups -OCH3 is 2. The maximum Gasteiger partial charge on any atom is 0.329 e. The average molecular weight is 439 g/mol. The van der Waals surface area contributed by atoms with Crippen LogP contribution in [-0.2, 0) is 29.1 Å². The second-order valence-corrected chi connectivity index (χ2v) is 7.42. The number of carbonyl (C=O) groups excluding carboxylic acids is 1. The van der Waals surface area contributed by atoms with Gasteiger partial charge in [-0.25, -0.2) is 9.59 Å². The molecule has 32 heavy (non-hydrogen) atoms. The van der Waals surface area contributed by atoms with Gasteiger partial charge >= 0.3 is 11.7 Å². The van der Waals surface area contributed by atoms with Crippen LogP contribution >= 0.6 is 0 Å². The smallest absolute Gasteiger partial charge is 0.329 e. The van der Waals surface area contributed by atoms with Crippen LogP contribution in [0.3, 0.4) is 0 Å². The van der Waals surface area contributed by atoms with E-state index in [1.165, 1.54) is 14.2 Å². The van der Waals surface area contributed by atoms with E-state index in [0.717, 1.165) is 15.0 Å². The van der Waals surface area contributed by atoms with Crippen LogP contribution in [0.2, 0.25) is 0 Å². The fourth-order valence-electron chi connectivity index (χ4n) is 3.96. The zero-order chi connectivity index (χ0) is 23.0. The van der Waals surface area contributed by atoms with Crippen molar-refractivity contribution in [2.45, 2.75) is 25.6 Å². The molecule has 2 heterocycles. The molecule has 1 aliphatic heterocycles. The maximum absolute atomic E-state index is 13.1.